The van der Waals surface area contributed by atoms with Crippen molar-refractivity contribution in [3.63, 3.8) is 0 Å². The van der Waals surface area contributed by atoms with E-state index in [1.807, 2.05) is 24.4 Å². The number of rotatable bonds is 3. The van der Waals surface area contributed by atoms with Crippen molar-refractivity contribution in [3.8, 4) is 5.75 Å². The number of aromatic nitrogens is 1. The highest BCUT2D eigenvalue weighted by molar-refractivity contribution is 5.97. The Morgan fingerprint density at radius 1 is 0.903 bits per heavy atom. The van der Waals surface area contributed by atoms with Crippen LogP contribution in [0.4, 0.5) is 11.4 Å². The van der Waals surface area contributed by atoms with Gasteiger partial charge in [0, 0.05) is 23.5 Å². The quantitative estimate of drug-likeness (QED) is 0.428. The summed E-state index contributed by atoms with van der Waals surface area (Å²) in [7, 11) is 1.71. The molecule has 1 aromatic heterocycles. The van der Waals surface area contributed by atoms with Gasteiger partial charge in [0.1, 0.15) is 11.9 Å². The maximum absolute atomic E-state index is 5.39. The molecular formula is C27H23N3O. The van der Waals surface area contributed by atoms with Crippen molar-refractivity contribution in [2.24, 2.45) is 0 Å². The molecular weight excluding hydrogens is 382 g/mol. The third-order valence-electron chi connectivity index (χ3n) is 6.32. The first-order chi connectivity index (χ1) is 15.3. The highest BCUT2D eigenvalue weighted by Gasteiger charge is 2.38. The van der Waals surface area contributed by atoms with Crippen LogP contribution >= 0.6 is 0 Å². The lowest BCUT2D eigenvalue weighted by atomic mass is 9.97. The van der Waals surface area contributed by atoms with E-state index in [9.17, 15) is 0 Å². The van der Waals surface area contributed by atoms with Crippen LogP contribution < -0.4 is 14.5 Å². The largest absolute Gasteiger partial charge is 0.497 e. The minimum Gasteiger partial charge on any atom is -0.497 e. The van der Waals surface area contributed by atoms with Gasteiger partial charge in [-0.3, -0.25) is 4.98 Å². The molecule has 2 aliphatic heterocycles. The monoisotopic (exact) mass is 405 g/mol. The Bertz CT molecular complexity index is 1280. The first kappa shape index (κ1) is 18.0. The Morgan fingerprint density at radius 3 is 2.55 bits per heavy atom. The third-order valence-corrected chi connectivity index (χ3v) is 6.32. The number of hydrogen-bond acceptors (Lipinski definition) is 4. The summed E-state index contributed by atoms with van der Waals surface area (Å²) in [6.45, 7) is 0. The van der Waals surface area contributed by atoms with Crippen molar-refractivity contribution in [2.75, 3.05) is 16.9 Å². The number of pyridine rings is 1. The first-order valence-corrected chi connectivity index (χ1v) is 10.7. The van der Waals surface area contributed by atoms with Crippen LogP contribution in [0.5, 0.6) is 5.75 Å². The van der Waals surface area contributed by atoms with Gasteiger partial charge in [-0.15, -0.1) is 0 Å². The summed E-state index contributed by atoms with van der Waals surface area (Å²) in [5.41, 5.74) is 7.26. The molecule has 0 radical (unpaired) electrons. The van der Waals surface area contributed by atoms with Gasteiger partial charge in [-0.2, -0.15) is 0 Å². The van der Waals surface area contributed by atoms with E-state index >= 15 is 0 Å². The van der Waals surface area contributed by atoms with Crippen molar-refractivity contribution in [2.45, 2.75) is 19.0 Å². The average molecular weight is 406 g/mol. The normalized spacial score (nSPS) is 17.3. The third kappa shape index (κ3) is 2.87. The molecule has 4 heteroatoms. The molecule has 4 nitrogen and oxygen atoms in total. The summed E-state index contributed by atoms with van der Waals surface area (Å²) in [5.74, 6) is 0.870. The minimum atomic E-state index is 0.212. The molecule has 0 bridgehead atoms. The fourth-order valence-electron chi connectivity index (χ4n) is 4.87. The van der Waals surface area contributed by atoms with Gasteiger partial charge in [-0.05, 0) is 54.3 Å². The predicted molar refractivity (Wildman–Crippen MR) is 126 cm³/mol. The smallest absolute Gasteiger partial charge is 0.119 e. The van der Waals surface area contributed by atoms with Crippen LogP contribution in [0.15, 0.2) is 91.3 Å². The Kier molecular flexibility index (Phi) is 4.17. The van der Waals surface area contributed by atoms with Gasteiger partial charge in [0.2, 0.25) is 0 Å². The molecule has 0 saturated heterocycles. The lowest BCUT2D eigenvalue weighted by Crippen LogP contribution is -2.42. The van der Waals surface area contributed by atoms with Gasteiger partial charge >= 0.3 is 0 Å². The van der Waals surface area contributed by atoms with Crippen molar-refractivity contribution in [3.05, 3.63) is 102 Å². The molecule has 1 atom stereocenters. The molecule has 0 saturated carbocycles. The Balaban J connectivity index is 1.54. The van der Waals surface area contributed by atoms with Crippen molar-refractivity contribution in [1.29, 1.82) is 0 Å². The summed E-state index contributed by atoms with van der Waals surface area (Å²) >= 11 is 0. The number of ether oxygens (including phenoxy) is 1. The zero-order valence-electron chi connectivity index (χ0n) is 17.4. The van der Waals surface area contributed by atoms with E-state index in [0.29, 0.717) is 0 Å². The highest BCUT2D eigenvalue weighted by atomic mass is 16.5. The van der Waals surface area contributed by atoms with Gasteiger partial charge in [0.15, 0.2) is 0 Å². The van der Waals surface area contributed by atoms with E-state index in [1.54, 1.807) is 7.11 Å². The number of anilines is 2. The van der Waals surface area contributed by atoms with Gasteiger partial charge in [0.25, 0.3) is 0 Å². The summed E-state index contributed by atoms with van der Waals surface area (Å²) in [4.78, 5) is 9.66. The first-order valence-electron chi connectivity index (χ1n) is 10.7. The molecule has 0 N–H and O–H groups in total. The van der Waals surface area contributed by atoms with Crippen LogP contribution in [-0.2, 0) is 6.42 Å². The average Bonchev–Trinajstić information content (AvgIpc) is 3.24. The number of nitrogens with zero attached hydrogens (tertiary/aromatic N) is 3. The van der Waals surface area contributed by atoms with E-state index in [0.717, 1.165) is 24.1 Å². The van der Waals surface area contributed by atoms with E-state index in [1.165, 1.54) is 33.6 Å². The zero-order chi connectivity index (χ0) is 20.8. The zero-order valence-corrected chi connectivity index (χ0v) is 17.4. The second-order valence-electron chi connectivity index (χ2n) is 8.02. The van der Waals surface area contributed by atoms with Crippen LogP contribution in [0.3, 0.4) is 0 Å². The number of hydrogen-bond donors (Lipinski definition) is 0. The van der Waals surface area contributed by atoms with Crippen LogP contribution in [0.1, 0.15) is 17.5 Å². The van der Waals surface area contributed by atoms with E-state index < -0.39 is 0 Å². The lowest BCUT2D eigenvalue weighted by molar-refractivity contribution is 0.415. The molecule has 0 aliphatic carbocycles. The summed E-state index contributed by atoms with van der Waals surface area (Å²) < 4.78 is 5.39. The fraction of sp³-hybridized carbons (Fsp3) is 0.148. The second-order valence-corrected chi connectivity index (χ2v) is 8.02. The lowest BCUT2D eigenvalue weighted by Gasteiger charge is -2.38. The Hall–Kier alpha value is -3.79. The molecule has 3 heterocycles. The van der Waals surface area contributed by atoms with Gasteiger partial charge in [-0.1, -0.05) is 48.5 Å². The summed E-state index contributed by atoms with van der Waals surface area (Å²) in [6.07, 6.45) is 6.49. The minimum absolute atomic E-state index is 0.212. The molecule has 0 amide bonds. The van der Waals surface area contributed by atoms with Crippen molar-refractivity contribution in [1.82, 2.24) is 4.98 Å². The Morgan fingerprint density at radius 2 is 1.74 bits per heavy atom. The molecule has 0 spiro atoms. The van der Waals surface area contributed by atoms with E-state index in [-0.39, 0.29) is 6.17 Å². The molecule has 3 aromatic carbocycles. The van der Waals surface area contributed by atoms with Gasteiger partial charge in [-0.25, -0.2) is 0 Å². The van der Waals surface area contributed by atoms with E-state index in [4.69, 9.17) is 9.72 Å². The summed E-state index contributed by atoms with van der Waals surface area (Å²) in [6, 6.07) is 27.6. The predicted octanol–water partition coefficient (Wildman–Crippen LogP) is 5.84. The van der Waals surface area contributed by atoms with Crippen LogP contribution in [-0.4, -0.2) is 18.3 Å². The molecule has 1 unspecified atom stereocenters. The highest BCUT2D eigenvalue weighted by Crippen LogP contribution is 2.45. The molecule has 31 heavy (non-hydrogen) atoms. The number of fused-ring (bicyclic) bond motifs is 5. The fourth-order valence-corrected chi connectivity index (χ4v) is 4.87. The maximum atomic E-state index is 5.39. The molecule has 152 valence electrons. The van der Waals surface area contributed by atoms with E-state index in [2.05, 4.69) is 76.7 Å². The standard InChI is InChI=1S/C27H23N3O/c1-31-23-14-12-22(13-15-23)30-24(19-6-3-2-4-7-19)18-29-25(30)16-11-21-10-9-20-8-5-17-28-26(20)27(21)29/h2-10,12-15,17-18,25H,11,16H2,1H3. The van der Waals surface area contributed by atoms with Gasteiger partial charge < -0.3 is 14.5 Å². The van der Waals surface area contributed by atoms with Gasteiger partial charge in [0.05, 0.1) is 24.0 Å². The maximum Gasteiger partial charge on any atom is 0.119 e. The molecule has 2 aliphatic rings. The van der Waals surface area contributed by atoms with Crippen molar-refractivity contribution >= 4 is 28.0 Å². The Labute approximate surface area is 182 Å². The van der Waals surface area contributed by atoms with Crippen LogP contribution in [0, 0.1) is 0 Å². The molecule has 4 aromatic rings. The summed E-state index contributed by atoms with van der Waals surface area (Å²) in [5, 5.41) is 1.18. The second kappa shape index (κ2) is 7.17. The number of benzene rings is 3. The number of aryl methyl sites for hydroxylation is 1. The molecule has 6 rings (SSSR count). The van der Waals surface area contributed by atoms with Crippen LogP contribution in [0.2, 0.25) is 0 Å². The van der Waals surface area contributed by atoms with Crippen molar-refractivity contribution < 1.29 is 4.74 Å². The topological polar surface area (TPSA) is 28.6 Å². The SMILES string of the molecule is COc1ccc(N2C(c3ccccc3)=CN3c4c(ccc5cccnc45)CCC32)cc1. The molecule has 0 fully saturated rings. The van der Waals surface area contributed by atoms with Crippen LogP contribution in [0.25, 0.3) is 16.6 Å². The number of methoxy groups -OCH3 is 1.